The SMILES string of the molecule is CCOC(=O)C1=C(C)N=c2sc(=Cc3ccc(N4CCOCC4)cc3)c(=O)n2C1c1ccc(C)cc1. The largest absolute Gasteiger partial charge is 0.463 e. The van der Waals surface area contributed by atoms with Crippen molar-refractivity contribution >= 4 is 29.1 Å². The summed E-state index contributed by atoms with van der Waals surface area (Å²) in [5, 5.41) is 0. The number of nitrogens with zero attached hydrogens (tertiary/aromatic N) is 3. The van der Waals surface area contributed by atoms with Gasteiger partial charge in [-0.05, 0) is 50.1 Å². The van der Waals surface area contributed by atoms with Crippen LogP contribution in [0.15, 0.2) is 69.6 Å². The fraction of sp³-hybridized carbons (Fsp3) is 0.321. The maximum Gasteiger partial charge on any atom is 0.338 e. The maximum atomic E-state index is 13.7. The fourth-order valence-electron chi connectivity index (χ4n) is 4.61. The van der Waals surface area contributed by atoms with Gasteiger partial charge in [-0.25, -0.2) is 9.79 Å². The monoisotopic (exact) mass is 503 g/mol. The van der Waals surface area contributed by atoms with Gasteiger partial charge in [-0.3, -0.25) is 9.36 Å². The molecule has 1 fully saturated rings. The van der Waals surface area contributed by atoms with Crippen LogP contribution in [0.5, 0.6) is 0 Å². The summed E-state index contributed by atoms with van der Waals surface area (Å²) in [7, 11) is 0. The van der Waals surface area contributed by atoms with Gasteiger partial charge < -0.3 is 14.4 Å². The van der Waals surface area contributed by atoms with Crippen molar-refractivity contribution in [2.24, 2.45) is 4.99 Å². The number of fused-ring (bicyclic) bond motifs is 1. The molecule has 0 saturated carbocycles. The molecule has 7 nitrogen and oxygen atoms in total. The molecule has 8 heteroatoms. The second kappa shape index (κ2) is 10.2. The van der Waals surface area contributed by atoms with Gasteiger partial charge in [-0.1, -0.05) is 53.3 Å². The van der Waals surface area contributed by atoms with E-state index in [-0.39, 0.29) is 12.2 Å². The molecule has 1 unspecified atom stereocenters. The Bertz CT molecular complexity index is 1480. The number of hydrogen-bond acceptors (Lipinski definition) is 7. The Hall–Kier alpha value is -3.49. The summed E-state index contributed by atoms with van der Waals surface area (Å²) in [4.78, 5) is 34.2. The second-order valence-electron chi connectivity index (χ2n) is 8.90. The summed E-state index contributed by atoms with van der Waals surface area (Å²) < 4.78 is 13.0. The number of esters is 1. The summed E-state index contributed by atoms with van der Waals surface area (Å²) in [6.07, 6.45) is 1.89. The van der Waals surface area contributed by atoms with Crippen LogP contribution in [-0.2, 0) is 14.3 Å². The van der Waals surface area contributed by atoms with Crippen LogP contribution in [-0.4, -0.2) is 43.4 Å². The van der Waals surface area contributed by atoms with Crippen molar-refractivity contribution in [3.05, 3.63) is 96.2 Å². The zero-order valence-corrected chi connectivity index (χ0v) is 21.5. The summed E-state index contributed by atoms with van der Waals surface area (Å²) in [6, 6.07) is 15.5. The molecule has 186 valence electrons. The van der Waals surface area contributed by atoms with Crippen molar-refractivity contribution in [1.29, 1.82) is 0 Å². The lowest BCUT2D eigenvalue weighted by atomic mass is 9.95. The van der Waals surface area contributed by atoms with Gasteiger partial charge in [0.15, 0.2) is 4.80 Å². The average Bonchev–Trinajstić information content (AvgIpc) is 3.19. The molecule has 0 aliphatic carbocycles. The Kier molecular flexibility index (Phi) is 6.89. The minimum atomic E-state index is -0.591. The smallest absolute Gasteiger partial charge is 0.338 e. The molecule has 0 amide bonds. The maximum absolute atomic E-state index is 13.7. The number of ether oxygens (including phenoxy) is 2. The highest BCUT2D eigenvalue weighted by molar-refractivity contribution is 7.07. The van der Waals surface area contributed by atoms with Crippen LogP contribution >= 0.6 is 11.3 Å². The van der Waals surface area contributed by atoms with Gasteiger partial charge in [0.1, 0.15) is 0 Å². The van der Waals surface area contributed by atoms with Gasteiger partial charge in [0, 0.05) is 18.8 Å². The van der Waals surface area contributed by atoms with E-state index in [4.69, 9.17) is 9.47 Å². The Morgan fingerprint density at radius 1 is 1.11 bits per heavy atom. The van der Waals surface area contributed by atoms with Crippen molar-refractivity contribution in [3.63, 3.8) is 0 Å². The Morgan fingerprint density at radius 2 is 1.81 bits per heavy atom. The van der Waals surface area contributed by atoms with E-state index in [2.05, 4.69) is 22.0 Å². The Labute approximate surface area is 213 Å². The van der Waals surface area contributed by atoms with Gasteiger partial charge in [-0.2, -0.15) is 0 Å². The third-order valence-corrected chi connectivity index (χ3v) is 7.46. The number of aryl methyl sites for hydroxylation is 1. The number of aromatic nitrogens is 1. The molecule has 36 heavy (non-hydrogen) atoms. The third-order valence-electron chi connectivity index (χ3n) is 6.48. The van der Waals surface area contributed by atoms with Gasteiger partial charge in [-0.15, -0.1) is 0 Å². The quantitative estimate of drug-likeness (QED) is 0.501. The van der Waals surface area contributed by atoms with E-state index in [1.165, 1.54) is 11.3 Å². The van der Waals surface area contributed by atoms with E-state index in [0.29, 0.717) is 20.6 Å². The standard InChI is InChI=1S/C28H29N3O4S/c1-4-35-27(33)24-19(3)29-28-31(25(24)21-9-5-18(2)6-10-21)26(32)23(36-28)17-20-7-11-22(12-8-20)30-13-15-34-16-14-30/h5-12,17,25H,4,13-16H2,1-3H3. The van der Waals surface area contributed by atoms with Crippen LogP contribution in [0.2, 0.25) is 0 Å². The number of benzene rings is 2. The lowest BCUT2D eigenvalue weighted by molar-refractivity contribution is -0.139. The highest BCUT2D eigenvalue weighted by Gasteiger charge is 2.33. The lowest BCUT2D eigenvalue weighted by Crippen LogP contribution is -2.39. The van der Waals surface area contributed by atoms with Gasteiger partial charge in [0.25, 0.3) is 5.56 Å². The average molecular weight is 504 g/mol. The minimum absolute atomic E-state index is 0.170. The van der Waals surface area contributed by atoms with E-state index in [1.54, 1.807) is 18.4 Å². The number of carbonyl (C=O) groups is 1. The molecule has 1 saturated heterocycles. The molecule has 2 aromatic carbocycles. The van der Waals surface area contributed by atoms with E-state index in [9.17, 15) is 9.59 Å². The second-order valence-corrected chi connectivity index (χ2v) is 9.91. The lowest BCUT2D eigenvalue weighted by Gasteiger charge is -2.28. The van der Waals surface area contributed by atoms with Gasteiger partial charge in [0.05, 0.1) is 41.7 Å². The molecule has 0 radical (unpaired) electrons. The molecule has 0 spiro atoms. The predicted molar refractivity (Wildman–Crippen MR) is 141 cm³/mol. The molecule has 1 atom stereocenters. The van der Waals surface area contributed by atoms with Crippen molar-refractivity contribution < 1.29 is 14.3 Å². The van der Waals surface area contributed by atoms with E-state index in [1.807, 2.05) is 49.4 Å². The first-order valence-electron chi connectivity index (χ1n) is 12.1. The number of hydrogen-bond donors (Lipinski definition) is 0. The molecule has 2 aliphatic rings. The van der Waals surface area contributed by atoms with Crippen molar-refractivity contribution in [2.75, 3.05) is 37.8 Å². The molecule has 0 bridgehead atoms. The third kappa shape index (κ3) is 4.66. The fourth-order valence-corrected chi connectivity index (χ4v) is 5.66. The van der Waals surface area contributed by atoms with E-state index >= 15 is 0 Å². The molecule has 3 heterocycles. The number of thiazole rings is 1. The van der Waals surface area contributed by atoms with E-state index in [0.717, 1.165) is 48.7 Å². The molecular weight excluding hydrogens is 474 g/mol. The van der Waals surface area contributed by atoms with Crippen molar-refractivity contribution in [2.45, 2.75) is 26.8 Å². The summed E-state index contributed by atoms with van der Waals surface area (Å²) >= 11 is 1.34. The van der Waals surface area contributed by atoms with Crippen LogP contribution in [0.1, 0.15) is 36.6 Å². The van der Waals surface area contributed by atoms with Crippen molar-refractivity contribution in [1.82, 2.24) is 4.57 Å². The van der Waals surface area contributed by atoms with Gasteiger partial charge >= 0.3 is 5.97 Å². The molecule has 2 aliphatic heterocycles. The molecule has 0 N–H and O–H groups in total. The topological polar surface area (TPSA) is 73.1 Å². The van der Waals surface area contributed by atoms with E-state index < -0.39 is 12.0 Å². The number of carbonyl (C=O) groups excluding carboxylic acids is 1. The number of morpholine rings is 1. The van der Waals surface area contributed by atoms with Crippen LogP contribution < -0.4 is 19.8 Å². The first-order valence-corrected chi connectivity index (χ1v) is 13.0. The highest BCUT2D eigenvalue weighted by Crippen LogP contribution is 2.30. The summed E-state index contributed by atoms with van der Waals surface area (Å²) in [5.74, 6) is -0.447. The predicted octanol–water partition coefficient (Wildman–Crippen LogP) is 2.94. The Morgan fingerprint density at radius 3 is 2.47 bits per heavy atom. The number of rotatable bonds is 5. The first-order chi connectivity index (χ1) is 17.5. The Balaban J connectivity index is 1.58. The summed E-state index contributed by atoms with van der Waals surface area (Å²) in [6.45, 7) is 9.05. The number of anilines is 1. The van der Waals surface area contributed by atoms with Crippen LogP contribution in [0.3, 0.4) is 0 Å². The molecule has 5 rings (SSSR count). The minimum Gasteiger partial charge on any atom is -0.463 e. The highest BCUT2D eigenvalue weighted by atomic mass is 32.1. The molecular formula is C28H29N3O4S. The van der Waals surface area contributed by atoms with Crippen LogP contribution in [0.4, 0.5) is 5.69 Å². The van der Waals surface area contributed by atoms with Crippen molar-refractivity contribution in [3.8, 4) is 0 Å². The summed E-state index contributed by atoms with van der Waals surface area (Å²) in [5.41, 5.74) is 4.83. The number of allylic oxidation sites excluding steroid dienone is 1. The zero-order valence-electron chi connectivity index (χ0n) is 20.7. The molecule has 3 aromatic rings. The molecule has 1 aromatic heterocycles. The van der Waals surface area contributed by atoms with Crippen LogP contribution in [0.25, 0.3) is 6.08 Å². The normalized spacial score (nSPS) is 18.1. The zero-order chi connectivity index (χ0) is 25.2. The van der Waals surface area contributed by atoms with Crippen LogP contribution in [0, 0.1) is 6.92 Å². The van der Waals surface area contributed by atoms with Gasteiger partial charge in [0.2, 0.25) is 0 Å². The first kappa shape index (κ1) is 24.2.